The third kappa shape index (κ3) is 4.45. The number of hydrogen-bond acceptors (Lipinski definition) is 3. The molecule has 2 aromatic rings. The van der Waals surface area contributed by atoms with Crippen LogP contribution < -0.4 is 10.1 Å². The molecule has 2 aromatic carbocycles. The predicted octanol–water partition coefficient (Wildman–Crippen LogP) is 2.82. The van der Waals surface area contributed by atoms with Crippen LogP contribution in [0.1, 0.15) is 29.3 Å². The van der Waals surface area contributed by atoms with Crippen molar-refractivity contribution in [1.82, 2.24) is 5.32 Å². The first kappa shape index (κ1) is 15.8. The molecule has 1 amide bonds. The number of amides is 1. The summed E-state index contributed by atoms with van der Waals surface area (Å²) in [6.07, 6.45) is 0.891. The summed E-state index contributed by atoms with van der Waals surface area (Å²) in [5.74, 6) is 0.385. The molecule has 0 heterocycles. The number of carbonyl (C=O) groups is 2. The Balaban J connectivity index is 1.93. The second-order valence-electron chi connectivity index (χ2n) is 4.86. The van der Waals surface area contributed by atoms with E-state index in [0.29, 0.717) is 23.4 Å². The van der Waals surface area contributed by atoms with Crippen molar-refractivity contribution in [3.63, 3.8) is 0 Å². The van der Waals surface area contributed by atoms with Gasteiger partial charge in [-0.1, -0.05) is 37.3 Å². The molecule has 0 saturated heterocycles. The Morgan fingerprint density at radius 3 is 2.23 bits per heavy atom. The van der Waals surface area contributed by atoms with Crippen LogP contribution in [0.4, 0.5) is 0 Å². The highest BCUT2D eigenvalue weighted by atomic mass is 16.5. The second kappa shape index (κ2) is 7.98. The van der Waals surface area contributed by atoms with Gasteiger partial charge in [-0.3, -0.25) is 9.59 Å². The minimum Gasteiger partial charge on any atom is -0.484 e. The number of hydrogen-bond donors (Lipinski definition) is 1. The van der Waals surface area contributed by atoms with Gasteiger partial charge in [0.1, 0.15) is 5.75 Å². The highest BCUT2D eigenvalue weighted by Crippen LogP contribution is 2.15. The topological polar surface area (TPSA) is 55.4 Å². The zero-order valence-electron chi connectivity index (χ0n) is 12.5. The molecule has 0 fully saturated rings. The Bertz CT molecular complexity index is 621. The molecule has 4 nitrogen and oxygen atoms in total. The summed E-state index contributed by atoms with van der Waals surface area (Å²) in [5.41, 5.74) is 1.24. The van der Waals surface area contributed by atoms with E-state index in [4.69, 9.17) is 4.74 Å². The van der Waals surface area contributed by atoms with E-state index in [2.05, 4.69) is 5.32 Å². The summed E-state index contributed by atoms with van der Waals surface area (Å²) in [6, 6.07) is 15.9. The van der Waals surface area contributed by atoms with Gasteiger partial charge in [0.2, 0.25) is 0 Å². The number of benzene rings is 2. The molecule has 114 valence electrons. The van der Waals surface area contributed by atoms with E-state index in [1.54, 1.807) is 36.4 Å². The lowest BCUT2D eigenvalue weighted by molar-refractivity contribution is -0.123. The van der Waals surface area contributed by atoms with Crippen LogP contribution in [0.15, 0.2) is 54.6 Å². The summed E-state index contributed by atoms with van der Waals surface area (Å²) >= 11 is 0. The molecule has 1 N–H and O–H groups in total. The smallest absolute Gasteiger partial charge is 0.257 e. The van der Waals surface area contributed by atoms with Crippen LogP contribution >= 0.6 is 0 Å². The SMILES string of the molecule is CCCNC(=O)COc1ccc(C(=O)c2ccccc2)cc1. The largest absolute Gasteiger partial charge is 0.484 e. The number of ketones is 1. The van der Waals surface area contributed by atoms with Crippen LogP contribution in [0.2, 0.25) is 0 Å². The Labute approximate surface area is 130 Å². The average molecular weight is 297 g/mol. The third-order valence-corrected chi connectivity index (χ3v) is 3.09. The Morgan fingerprint density at radius 2 is 1.59 bits per heavy atom. The van der Waals surface area contributed by atoms with Gasteiger partial charge in [-0.2, -0.15) is 0 Å². The first-order chi connectivity index (χ1) is 10.7. The van der Waals surface area contributed by atoms with Gasteiger partial charge in [0.25, 0.3) is 5.91 Å². The number of ether oxygens (including phenoxy) is 1. The molecule has 4 heteroatoms. The summed E-state index contributed by atoms with van der Waals surface area (Å²) in [4.78, 5) is 23.7. The Hall–Kier alpha value is -2.62. The van der Waals surface area contributed by atoms with Crippen molar-refractivity contribution in [1.29, 1.82) is 0 Å². The van der Waals surface area contributed by atoms with Gasteiger partial charge in [-0.15, -0.1) is 0 Å². The van der Waals surface area contributed by atoms with Crippen molar-refractivity contribution in [3.05, 3.63) is 65.7 Å². The summed E-state index contributed by atoms with van der Waals surface area (Å²) < 4.78 is 5.38. The highest BCUT2D eigenvalue weighted by molar-refractivity contribution is 6.08. The van der Waals surface area contributed by atoms with Gasteiger partial charge in [0.15, 0.2) is 12.4 Å². The summed E-state index contributed by atoms with van der Waals surface area (Å²) in [5, 5.41) is 2.74. The van der Waals surface area contributed by atoms with Crippen molar-refractivity contribution in [3.8, 4) is 5.75 Å². The maximum Gasteiger partial charge on any atom is 0.257 e. The fourth-order valence-corrected chi connectivity index (χ4v) is 1.92. The van der Waals surface area contributed by atoms with Crippen molar-refractivity contribution in [2.24, 2.45) is 0 Å². The van der Waals surface area contributed by atoms with Crippen molar-refractivity contribution < 1.29 is 14.3 Å². The van der Waals surface area contributed by atoms with Crippen LogP contribution in [0, 0.1) is 0 Å². The van der Waals surface area contributed by atoms with E-state index in [0.717, 1.165) is 6.42 Å². The van der Waals surface area contributed by atoms with Crippen LogP contribution in [-0.2, 0) is 4.79 Å². The minimum absolute atomic E-state index is 0.0218. The summed E-state index contributed by atoms with van der Waals surface area (Å²) in [6.45, 7) is 2.61. The average Bonchev–Trinajstić information content (AvgIpc) is 2.58. The zero-order valence-corrected chi connectivity index (χ0v) is 12.5. The van der Waals surface area contributed by atoms with Gasteiger partial charge in [-0.25, -0.2) is 0 Å². The predicted molar refractivity (Wildman–Crippen MR) is 85.1 cm³/mol. The van der Waals surface area contributed by atoms with Crippen LogP contribution in [0.25, 0.3) is 0 Å². The van der Waals surface area contributed by atoms with E-state index in [1.165, 1.54) is 0 Å². The molecule has 0 spiro atoms. The molecule has 0 aliphatic heterocycles. The van der Waals surface area contributed by atoms with Crippen LogP contribution in [0.3, 0.4) is 0 Å². The number of nitrogens with one attached hydrogen (secondary N) is 1. The Morgan fingerprint density at radius 1 is 0.955 bits per heavy atom. The molecular formula is C18H19NO3. The quantitative estimate of drug-likeness (QED) is 0.800. The van der Waals surface area contributed by atoms with Gasteiger partial charge in [-0.05, 0) is 30.7 Å². The van der Waals surface area contributed by atoms with E-state index < -0.39 is 0 Å². The van der Waals surface area contributed by atoms with Gasteiger partial charge < -0.3 is 10.1 Å². The molecular weight excluding hydrogens is 278 g/mol. The van der Waals surface area contributed by atoms with Crippen molar-refractivity contribution >= 4 is 11.7 Å². The molecule has 0 aliphatic rings. The van der Waals surface area contributed by atoms with Crippen molar-refractivity contribution in [2.75, 3.05) is 13.2 Å². The third-order valence-electron chi connectivity index (χ3n) is 3.09. The lowest BCUT2D eigenvalue weighted by atomic mass is 10.0. The van der Waals surface area contributed by atoms with E-state index >= 15 is 0 Å². The molecule has 0 aliphatic carbocycles. The fraction of sp³-hybridized carbons (Fsp3) is 0.222. The molecule has 2 rings (SSSR count). The van der Waals surface area contributed by atoms with E-state index in [1.807, 2.05) is 25.1 Å². The number of rotatable bonds is 7. The highest BCUT2D eigenvalue weighted by Gasteiger charge is 2.08. The van der Waals surface area contributed by atoms with E-state index in [9.17, 15) is 9.59 Å². The monoisotopic (exact) mass is 297 g/mol. The van der Waals surface area contributed by atoms with Gasteiger partial charge in [0, 0.05) is 17.7 Å². The molecule has 0 atom stereocenters. The second-order valence-corrected chi connectivity index (χ2v) is 4.86. The Kier molecular flexibility index (Phi) is 5.72. The molecule has 0 unspecified atom stereocenters. The molecule has 0 saturated carbocycles. The van der Waals surface area contributed by atoms with Crippen LogP contribution in [0.5, 0.6) is 5.75 Å². The van der Waals surface area contributed by atoms with Gasteiger partial charge >= 0.3 is 0 Å². The van der Waals surface area contributed by atoms with Crippen molar-refractivity contribution in [2.45, 2.75) is 13.3 Å². The standard InChI is InChI=1S/C18H19NO3/c1-2-12-19-17(20)13-22-16-10-8-15(9-11-16)18(21)14-6-4-3-5-7-14/h3-11H,2,12-13H2,1H3,(H,19,20). The number of carbonyl (C=O) groups excluding carboxylic acids is 2. The van der Waals surface area contributed by atoms with E-state index in [-0.39, 0.29) is 18.3 Å². The fourth-order valence-electron chi connectivity index (χ4n) is 1.92. The zero-order chi connectivity index (χ0) is 15.8. The van der Waals surface area contributed by atoms with Crippen LogP contribution in [-0.4, -0.2) is 24.8 Å². The lowest BCUT2D eigenvalue weighted by Gasteiger charge is -2.07. The maximum absolute atomic E-state index is 12.2. The minimum atomic E-state index is -0.147. The molecule has 0 bridgehead atoms. The maximum atomic E-state index is 12.2. The molecule has 22 heavy (non-hydrogen) atoms. The molecule has 0 aromatic heterocycles. The summed E-state index contributed by atoms with van der Waals surface area (Å²) in [7, 11) is 0. The molecule has 0 radical (unpaired) electrons. The lowest BCUT2D eigenvalue weighted by Crippen LogP contribution is -2.29. The van der Waals surface area contributed by atoms with Gasteiger partial charge in [0.05, 0.1) is 0 Å². The first-order valence-electron chi connectivity index (χ1n) is 7.30. The first-order valence-corrected chi connectivity index (χ1v) is 7.30. The normalized spacial score (nSPS) is 10.0.